The maximum atomic E-state index is 13.7. The second-order valence-corrected chi connectivity index (χ2v) is 11.9. The van der Waals surface area contributed by atoms with Gasteiger partial charge < -0.3 is 14.5 Å². The van der Waals surface area contributed by atoms with Crippen LogP contribution in [0.2, 0.25) is 0 Å². The summed E-state index contributed by atoms with van der Waals surface area (Å²) in [5.74, 6) is 0.747. The average molecular weight is 528 g/mol. The van der Waals surface area contributed by atoms with Crippen molar-refractivity contribution in [2.24, 2.45) is 0 Å². The molecular weight excluding hydrogens is 494 g/mol. The van der Waals surface area contributed by atoms with E-state index in [1.807, 2.05) is 27.0 Å². The zero-order valence-electron chi connectivity index (χ0n) is 21.5. The summed E-state index contributed by atoms with van der Waals surface area (Å²) in [6, 6.07) is 6.98. The fraction of sp³-hybridized carbons (Fsp3) is 0.500. The molecule has 2 aromatic rings. The number of hydrogen-bond donors (Lipinski definition) is 0. The Labute approximate surface area is 217 Å². The highest BCUT2D eigenvalue weighted by Crippen LogP contribution is 2.35. The number of nitrogens with zero attached hydrogens (tertiary/aromatic N) is 5. The third kappa shape index (κ3) is 4.72. The van der Waals surface area contributed by atoms with Crippen LogP contribution in [0.15, 0.2) is 30.5 Å². The molecule has 1 atom stereocenters. The van der Waals surface area contributed by atoms with Crippen LogP contribution >= 0.6 is 0 Å². The number of carbonyl (C=O) groups excluding carboxylic acids is 2. The second-order valence-electron chi connectivity index (χ2n) is 9.88. The highest BCUT2D eigenvalue weighted by atomic mass is 32.2. The summed E-state index contributed by atoms with van der Waals surface area (Å²) in [4.78, 5) is 36.3. The number of hydrogen-bond acceptors (Lipinski definition) is 7. The molecular formula is C26H33N5O5S. The van der Waals surface area contributed by atoms with Gasteiger partial charge in [0.05, 0.1) is 23.0 Å². The number of carbonyl (C=O) groups is 2. The number of amides is 2. The van der Waals surface area contributed by atoms with Gasteiger partial charge in [0.15, 0.2) is 0 Å². The summed E-state index contributed by atoms with van der Waals surface area (Å²) >= 11 is 0. The molecule has 10 nitrogen and oxygen atoms in total. The van der Waals surface area contributed by atoms with Crippen LogP contribution in [0.5, 0.6) is 0 Å². The molecule has 4 heterocycles. The first kappa shape index (κ1) is 25.3. The molecule has 5 rings (SSSR count). The minimum atomic E-state index is -3.54. The van der Waals surface area contributed by atoms with E-state index in [0.717, 1.165) is 16.9 Å². The van der Waals surface area contributed by atoms with Crippen molar-refractivity contribution in [2.45, 2.75) is 39.7 Å². The van der Waals surface area contributed by atoms with E-state index in [9.17, 15) is 18.0 Å². The van der Waals surface area contributed by atoms with E-state index in [1.165, 1.54) is 4.31 Å². The molecule has 198 valence electrons. The van der Waals surface area contributed by atoms with Crippen molar-refractivity contribution >= 4 is 39.2 Å². The molecule has 0 bridgehead atoms. The quantitative estimate of drug-likeness (QED) is 0.589. The fourth-order valence-electron chi connectivity index (χ4n) is 5.38. The van der Waals surface area contributed by atoms with Gasteiger partial charge in [-0.2, -0.15) is 0 Å². The number of benzene rings is 1. The van der Waals surface area contributed by atoms with Gasteiger partial charge in [-0.3, -0.25) is 14.0 Å². The Morgan fingerprint density at radius 2 is 1.86 bits per heavy atom. The van der Waals surface area contributed by atoms with Crippen molar-refractivity contribution < 1.29 is 22.7 Å². The molecule has 2 amide bonds. The smallest absolute Gasteiger partial charge is 0.414 e. The van der Waals surface area contributed by atoms with Crippen molar-refractivity contribution in [2.75, 3.05) is 59.2 Å². The van der Waals surface area contributed by atoms with Gasteiger partial charge >= 0.3 is 6.09 Å². The molecule has 37 heavy (non-hydrogen) atoms. The van der Waals surface area contributed by atoms with Crippen LogP contribution < -0.4 is 14.1 Å². The molecule has 0 radical (unpaired) electrons. The third-order valence-electron chi connectivity index (χ3n) is 7.34. The number of ether oxygens (including phenoxy) is 1. The topological polar surface area (TPSA) is 103 Å². The number of rotatable bonds is 5. The summed E-state index contributed by atoms with van der Waals surface area (Å²) < 4.78 is 32.3. The van der Waals surface area contributed by atoms with E-state index in [4.69, 9.17) is 4.74 Å². The average Bonchev–Trinajstić information content (AvgIpc) is 3.44. The van der Waals surface area contributed by atoms with Crippen LogP contribution in [0.25, 0.3) is 0 Å². The van der Waals surface area contributed by atoms with Crippen LogP contribution in [0, 0.1) is 13.8 Å². The maximum absolute atomic E-state index is 13.7. The number of pyridine rings is 1. The fourth-order valence-corrected chi connectivity index (χ4v) is 6.95. The number of cyclic esters (lactones) is 1. The van der Waals surface area contributed by atoms with Gasteiger partial charge in [0.2, 0.25) is 10.0 Å². The largest absolute Gasteiger partial charge is 0.447 e. The second kappa shape index (κ2) is 9.85. The first-order chi connectivity index (χ1) is 17.7. The van der Waals surface area contributed by atoms with Crippen molar-refractivity contribution in [1.29, 1.82) is 0 Å². The lowest BCUT2D eigenvalue weighted by atomic mass is 10.1. The van der Waals surface area contributed by atoms with E-state index in [-0.39, 0.29) is 24.3 Å². The highest BCUT2D eigenvalue weighted by molar-refractivity contribution is 7.93. The Morgan fingerprint density at radius 1 is 1.11 bits per heavy atom. The zero-order chi connectivity index (χ0) is 26.3. The molecule has 3 aliphatic heterocycles. The molecule has 0 N–H and O–H groups in total. The summed E-state index contributed by atoms with van der Waals surface area (Å²) in [6.45, 7) is 8.88. The SMILES string of the molecule is CCC1COC(=O)N1c1ccc(C(=O)N2CCN(c3ncc(C)cc3C)CC2)c(N2CCCS2(=O)=O)c1. The zero-order valence-corrected chi connectivity index (χ0v) is 22.3. The van der Waals surface area contributed by atoms with Gasteiger partial charge in [-0.1, -0.05) is 13.0 Å². The number of aryl methyl sites for hydroxylation is 2. The lowest BCUT2D eigenvalue weighted by Gasteiger charge is -2.36. The summed E-state index contributed by atoms with van der Waals surface area (Å²) in [5, 5.41) is 0. The molecule has 0 saturated carbocycles. The van der Waals surface area contributed by atoms with E-state index in [1.54, 1.807) is 28.0 Å². The molecule has 0 spiro atoms. The molecule has 1 aromatic heterocycles. The minimum Gasteiger partial charge on any atom is -0.447 e. The molecule has 0 aliphatic carbocycles. The van der Waals surface area contributed by atoms with Gasteiger partial charge in [-0.25, -0.2) is 18.2 Å². The third-order valence-corrected chi connectivity index (χ3v) is 9.20. The Hall–Kier alpha value is -3.34. The van der Waals surface area contributed by atoms with E-state index in [2.05, 4.69) is 16.0 Å². The predicted molar refractivity (Wildman–Crippen MR) is 142 cm³/mol. The van der Waals surface area contributed by atoms with Crippen LogP contribution in [-0.2, 0) is 14.8 Å². The van der Waals surface area contributed by atoms with Crippen molar-refractivity contribution in [3.8, 4) is 0 Å². The highest BCUT2D eigenvalue weighted by Gasteiger charge is 2.37. The van der Waals surface area contributed by atoms with Crippen LogP contribution in [-0.4, -0.2) is 81.4 Å². The van der Waals surface area contributed by atoms with Crippen molar-refractivity contribution in [3.05, 3.63) is 47.2 Å². The van der Waals surface area contributed by atoms with Crippen LogP contribution in [0.3, 0.4) is 0 Å². The first-order valence-corrected chi connectivity index (χ1v) is 14.4. The molecule has 1 unspecified atom stereocenters. The Balaban J connectivity index is 1.42. The van der Waals surface area contributed by atoms with Crippen molar-refractivity contribution in [3.63, 3.8) is 0 Å². The van der Waals surface area contributed by atoms with Gasteiger partial charge in [0.1, 0.15) is 12.4 Å². The molecule has 3 saturated heterocycles. The Bertz CT molecular complexity index is 1320. The normalized spacial score (nSPS) is 21.5. The van der Waals surface area contributed by atoms with E-state index in [0.29, 0.717) is 62.5 Å². The van der Waals surface area contributed by atoms with Crippen molar-refractivity contribution in [1.82, 2.24) is 9.88 Å². The van der Waals surface area contributed by atoms with Crippen LogP contribution in [0.4, 0.5) is 22.0 Å². The number of anilines is 3. The standard InChI is InChI=1S/C26H33N5O5S/c1-4-20-17-36-26(33)31(20)21-6-7-22(23(15-21)30-8-5-13-37(30,34)35)25(32)29-11-9-28(10-12-29)24-19(3)14-18(2)16-27-24/h6-7,14-16,20H,4-5,8-13,17H2,1-3H3. The van der Waals surface area contributed by atoms with Crippen LogP contribution in [0.1, 0.15) is 41.3 Å². The monoisotopic (exact) mass is 527 g/mol. The maximum Gasteiger partial charge on any atom is 0.414 e. The predicted octanol–water partition coefficient (Wildman–Crippen LogP) is 2.94. The minimum absolute atomic E-state index is 0.0375. The van der Waals surface area contributed by atoms with Gasteiger partial charge in [0, 0.05) is 44.6 Å². The Morgan fingerprint density at radius 3 is 2.51 bits per heavy atom. The summed E-state index contributed by atoms with van der Waals surface area (Å²) in [6.07, 6.45) is 2.58. The van der Waals surface area contributed by atoms with Gasteiger partial charge in [0.25, 0.3) is 5.91 Å². The summed E-state index contributed by atoms with van der Waals surface area (Å²) in [7, 11) is -3.54. The molecule has 11 heteroatoms. The lowest BCUT2D eigenvalue weighted by Crippen LogP contribution is -2.49. The number of aromatic nitrogens is 1. The molecule has 1 aromatic carbocycles. The van der Waals surface area contributed by atoms with E-state index < -0.39 is 16.1 Å². The molecule has 3 fully saturated rings. The Kier molecular flexibility index (Phi) is 6.74. The van der Waals surface area contributed by atoms with Gasteiger partial charge in [-0.05, 0) is 56.0 Å². The first-order valence-electron chi connectivity index (χ1n) is 12.8. The summed E-state index contributed by atoms with van der Waals surface area (Å²) in [5.41, 5.74) is 3.40. The lowest BCUT2D eigenvalue weighted by molar-refractivity contribution is 0.0747. The molecule has 3 aliphatic rings. The number of sulfonamides is 1. The van der Waals surface area contributed by atoms with E-state index >= 15 is 0 Å². The van der Waals surface area contributed by atoms with Gasteiger partial charge in [-0.15, -0.1) is 0 Å². The number of piperazine rings is 1.